The van der Waals surface area contributed by atoms with E-state index in [1.54, 1.807) is 16.6 Å². The first-order valence-corrected chi connectivity index (χ1v) is 13.4. The van der Waals surface area contributed by atoms with Crippen molar-refractivity contribution in [1.82, 2.24) is 30.2 Å². The van der Waals surface area contributed by atoms with Crippen LogP contribution in [0.1, 0.15) is 55.0 Å². The Hall–Kier alpha value is -3.77. The van der Waals surface area contributed by atoms with Crippen molar-refractivity contribution in [2.24, 2.45) is 20.0 Å². The topological polar surface area (TPSA) is 82.6 Å². The zero-order valence-corrected chi connectivity index (χ0v) is 23.3. The number of rotatable bonds is 8. The number of hydrogen-bond acceptors (Lipinski definition) is 6. The number of aromatic nitrogens is 7. The molecule has 3 aromatic heterocycles. The van der Waals surface area contributed by atoms with Crippen LogP contribution in [0.15, 0.2) is 24.3 Å². The van der Waals surface area contributed by atoms with Gasteiger partial charge in [-0.1, -0.05) is 17.6 Å². The first kappa shape index (κ1) is 27.8. The summed E-state index contributed by atoms with van der Waals surface area (Å²) in [5, 5.41) is 16.8. The highest BCUT2D eigenvalue weighted by Crippen LogP contribution is 2.35. The molecular weight excluding hydrogens is 526 g/mol. The summed E-state index contributed by atoms with van der Waals surface area (Å²) >= 11 is 0. The van der Waals surface area contributed by atoms with Gasteiger partial charge in [0.05, 0.1) is 22.9 Å². The zero-order chi connectivity index (χ0) is 28.8. The largest absolute Gasteiger partial charge is 0.416 e. The summed E-state index contributed by atoms with van der Waals surface area (Å²) in [6.45, 7) is 4.30. The fraction of sp³-hybridized carbons (Fsp3) is 0.519. The second-order valence-corrected chi connectivity index (χ2v) is 10.8. The lowest BCUT2D eigenvalue weighted by molar-refractivity contribution is -0.783. The molecule has 13 heteroatoms. The fourth-order valence-corrected chi connectivity index (χ4v) is 5.70. The van der Waals surface area contributed by atoms with E-state index in [0.717, 1.165) is 53.1 Å². The van der Waals surface area contributed by atoms with Crippen LogP contribution in [0.5, 0.6) is 0 Å². The summed E-state index contributed by atoms with van der Waals surface area (Å²) in [4.78, 5) is 10.4. The van der Waals surface area contributed by atoms with E-state index in [1.807, 2.05) is 27.1 Å². The van der Waals surface area contributed by atoms with E-state index in [9.17, 15) is 17.6 Å². The fourth-order valence-electron chi connectivity index (χ4n) is 5.70. The number of aromatic amines is 1. The van der Waals surface area contributed by atoms with Crippen molar-refractivity contribution < 1.29 is 22.4 Å². The molecule has 4 aromatic rings. The van der Waals surface area contributed by atoms with Crippen molar-refractivity contribution in [1.29, 1.82) is 0 Å². The average Bonchev–Trinajstić information content (AvgIpc) is 3.63. The average molecular weight is 561 g/mol. The molecule has 1 fully saturated rings. The number of nitrogens with one attached hydrogen (secondary N) is 1. The van der Waals surface area contributed by atoms with Crippen molar-refractivity contribution in [2.75, 3.05) is 16.8 Å². The smallest absolute Gasteiger partial charge is 0.356 e. The summed E-state index contributed by atoms with van der Waals surface area (Å²) in [7, 11) is 5.55. The number of nitrogens with zero attached hydrogens (tertiary/aromatic N) is 8. The van der Waals surface area contributed by atoms with Gasteiger partial charge in [-0.2, -0.15) is 18.3 Å². The molecule has 0 amide bonds. The third kappa shape index (κ3) is 5.59. The van der Waals surface area contributed by atoms with E-state index >= 15 is 0 Å². The third-order valence-electron chi connectivity index (χ3n) is 7.92. The molecule has 0 aliphatic heterocycles. The summed E-state index contributed by atoms with van der Waals surface area (Å²) in [5.41, 5.74) is 1.52. The Balaban J connectivity index is 1.58. The molecule has 1 aromatic carbocycles. The molecule has 0 spiro atoms. The lowest BCUT2D eigenvalue weighted by atomic mass is 9.98. The third-order valence-corrected chi connectivity index (χ3v) is 7.92. The lowest BCUT2D eigenvalue weighted by Gasteiger charge is -2.33. The van der Waals surface area contributed by atoms with Gasteiger partial charge in [0.25, 0.3) is 0 Å². The second kappa shape index (κ2) is 10.7. The molecule has 0 bridgehead atoms. The minimum atomic E-state index is -4.67. The minimum Gasteiger partial charge on any atom is -0.356 e. The Labute approximate surface area is 229 Å². The van der Waals surface area contributed by atoms with Crippen LogP contribution in [-0.4, -0.2) is 43.3 Å². The highest BCUT2D eigenvalue weighted by atomic mass is 19.4. The van der Waals surface area contributed by atoms with Gasteiger partial charge in [-0.05, 0) is 67.6 Å². The monoisotopic (exact) mass is 560 g/mol. The number of pyridine rings is 1. The first-order chi connectivity index (χ1) is 18.9. The molecular formula is C27H34F4N9+. The SMILES string of the molecule is Cc1nn(C)c2nc(N(C)C(C)C3CCCC3)c(CN(Cc3cc(F)cc(C(F)(F)F)c3)c3n[nH][n+](C)n3)cc12. The predicted octanol–water partition coefficient (Wildman–Crippen LogP) is 4.60. The molecule has 1 unspecified atom stereocenters. The van der Waals surface area contributed by atoms with Gasteiger partial charge < -0.3 is 9.80 Å². The summed E-state index contributed by atoms with van der Waals surface area (Å²) < 4.78 is 56.4. The van der Waals surface area contributed by atoms with E-state index in [-0.39, 0.29) is 30.6 Å². The molecule has 40 heavy (non-hydrogen) atoms. The molecule has 1 aliphatic rings. The van der Waals surface area contributed by atoms with Gasteiger partial charge in [-0.15, -0.1) is 0 Å². The van der Waals surface area contributed by atoms with Crippen LogP contribution in [0.2, 0.25) is 0 Å². The Morgan fingerprint density at radius 1 is 1.15 bits per heavy atom. The van der Waals surface area contributed by atoms with Crippen molar-refractivity contribution in [3.8, 4) is 0 Å². The maximum Gasteiger partial charge on any atom is 0.416 e. The maximum absolute atomic E-state index is 14.3. The van der Waals surface area contributed by atoms with E-state index in [1.165, 1.54) is 17.6 Å². The number of alkyl halides is 3. The van der Waals surface area contributed by atoms with Crippen LogP contribution in [0, 0.1) is 18.7 Å². The highest BCUT2D eigenvalue weighted by molar-refractivity contribution is 5.81. The van der Waals surface area contributed by atoms with Gasteiger partial charge in [-0.3, -0.25) is 4.68 Å². The molecule has 214 valence electrons. The summed E-state index contributed by atoms with van der Waals surface area (Å²) in [6, 6.07) is 4.83. The number of H-pyrrole nitrogens is 1. The molecule has 1 saturated carbocycles. The lowest BCUT2D eigenvalue weighted by Crippen LogP contribution is -2.37. The number of aryl methyl sites for hydroxylation is 3. The van der Waals surface area contributed by atoms with Gasteiger partial charge in [0.1, 0.15) is 18.7 Å². The zero-order valence-electron chi connectivity index (χ0n) is 23.3. The van der Waals surface area contributed by atoms with E-state index in [2.05, 4.69) is 32.3 Å². The van der Waals surface area contributed by atoms with E-state index < -0.39 is 17.6 Å². The van der Waals surface area contributed by atoms with Gasteiger partial charge in [0.2, 0.25) is 0 Å². The predicted molar refractivity (Wildman–Crippen MR) is 142 cm³/mol. The first-order valence-electron chi connectivity index (χ1n) is 13.4. The van der Waals surface area contributed by atoms with Crippen molar-refractivity contribution in [3.63, 3.8) is 0 Å². The van der Waals surface area contributed by atoms with Crippen molar-refractivity contribution in [2.45, 2.75) is 64.8 Å². The Kier molecular flexibility index (Phi) is 7.40. The molecule has 1 N–H and O–H groups in total. The number of fused-ring (bicyclic) bond motifs is 1. The summed E-state index contributed by atoms with van der Waals surface area (Å²) in [6.07, 6.45) is 0.0833. The van der Waals surface area contributed by atoms with Crippen molar-refractivity contribution in [3.05, 3.63) is 52.5 Å². The number of tetrazole rings is 1. The van der Waals surface area contributed by atoms with Crippen LogP contribution < -0.4 is 14.6 Å². The molecule has 5 rings (SSSR count). The van der Waals surface area contributed by atoms with Crippen molar-refractivity contribution >= 4 is 22.8 Å². The van der Waals surface area contributed by atoms with E-state index in [0.29, 0.717) is 12.0 Å². The van der Waals surface area contributed by atoms with Gasteiger partial charge in [0, 0.05) is 42.7 Å². The molecule has 9 nitrogen and oxygen atoms in total. The quantitative estimate of drug-likeness (QED) is 0.251. The van der Waals surface area contributed by atoms with Crippen LogP contribution >= 0.6 is 0 Å². The molecule has 1 atom stereocenters. The number of benzene rings is 1. The molecule has 0 radical (unpaired) electrons. The number of hydrogen-bond donors (Lipinski definition) is 1. The van der Waals surface area contributed by atoms with Gasteiger partial charge in [-0.25, -0.2) is 9.37 Å². The Morgan fingerprint density at radius 2 is 1.88 bits per heavy atom. The number of halogens is 4. The Bertz CT molecular complexity index is 1500. The van der Waals surface area contributed by atoms with Crippen LogP contribution in [-0.2, 0) is 33.4 Å². The second-order valence-electron chi connectivity index (χ2n) is 10.8. The van der Waals surface area contributed by atoms with Gasteiger partial charge in [0.15, 0.2) is 5.65 Å². The van der Waals surface area contributed by atoms with Crippen LogP contribution in [0.4, 0.5) is 29.3 Å². The summed E-state index contributed by atoms with van der Waals surface area (Å²) in [5.74, 6) is 0.612. The highest BCUT2D eigenvalue weighted by Gasteiger charge is 2.32. The van der Waals surface area contributed by atoms with Crippen LogP contribution in [0.25, 0.3) is 11.0 Å². The van der Waals surface area contributed by atoms with Crippen LogP contribution in [0.3, 0.4) is 0 Å². The molecule has 0 saturated heterocycles. The standard InChI is InChI=1S/C27H33F4N9/c1-16-23-12-20(24(32-25(23)38(4)34-16)37(3)17(2)19-8-6-7-9-19)15-40(26-33-36-39(5)35-26)14-18-10-21(27(29,30)31)13-22(28)11-18/h10-13,17,19H,6-9,14-15H2,1-5H3/p+1. The molecule has 1 aliphatic carbocycles. The molecule has 3 heterocycles. The number of anilines is 2. The maximum atomic E-state index is 14.3. The minimum absolute atomic E-state index is 0.0515. The Morgan fingerprint density at radius 3 is 2.52 bits per heavy atom. The normalized spacial score (nSPS) is 15.2. The van der Waals surface area contributed by atoms with E-state index in [4.69, 9.17) is 4.98 Å². The van der Waals surface area contributed by atoms with Gasteiger partial charge >= 0.3 is 12.1 Å².